The smallest absolute Gasteiger partial charge is 0.408 e. The molecule has 3 heterocycles. The standard InChI is InChI=1S/C36H46N4O10/c1-35(2,3)50-34(45)38-25-13-11-9-7-8-10-12-21-19-36(21,33(44)48-6)39-30(41)28-17-23(20-40(28)31(25)42)49-29-18-27(32(43)47-5)37-26-16-22(46-4)14-15-24(26)29/h10,12,14-16,18,21,23,25,28H,7-9,11,13,17,19-20H2,1-6H3,(H,38,45)(H,39,41)/b12-10-/t21-,23+,25-,28-,36?/m0/s1. The molecule has 14 heteroatoms. The Morgan fingerprint density at radius 2 is 1.82 bits per heavy atom. The zero-order chi connectivity index (χ0) is 36.2. The summed E-state index contributed by atoms with van der Waals surface area (Å²) in [6.45, 7) is 5.17. The number of hydrogen-bond acceptors (Lipinski definition) is 11. The van der Waals surface area contributed by atoms with E-state index in [9.17, 15) is 24.0 Å². The Morgan fingerprint density at radius 1 is 1.04 bits per heavy atom. The number of methoxy groups -OCH3 is 3. The van der Waals surface area contributed by atoms with Crippen LogP contribution in [0.4, 0.5) is 4.79 Å². The van der Waals surface area contributed by atoms with Gasteiger partial charge in [0.25, 0.3) is 0 Å². The molecular formula is C36H46N4O10. The van der Waals surface area contributed by atoms with Crippen LogP contribution in [0.3, 0.4) is 0 Å². The van der Waals surface area contributed by atoms with E-state index in [0.717, 1.165) is 19.3 Å². The molecule has 1 aromatic heterocycles. The third kappa shape index (κ3) is 8.11. The number of ether oxygens (including phenoxy) is 5. The number of hydrogen-bond donors (Lipinski definition) is 2. The number of aromatic nitrogens is 1. The fourth-order valence-electron chi connectivity index (χ4n) is 6.55. The first-order chi connectivity index (χ1) is 23.8. The Labute approximate surface area is 291 Å². The van der Waals surface area contributed by atoms with Gasteiger partial charge in [-0.3, -0.25) is 9.59 Å². The molecule has 0 radical (unpaired) electrons. The lowest BCUT2D eigenvalue weighted by atomic mass is 10.0. The summed E-state index contributed by atoms with van der Waals surface area (Å²) in [6, 6.07) is 4.54. The molecule has 2 fully saturated rings. The number of carbonyl (C=O) groups excluding carboxylic acids is 5. The minimum absolute atomic E-state index is 0.000565. The van der Waals surface area contributed by atoms with E-state index >= 15 is 0 Å². The molecule has 3 aliphatic rings. The number of nitrogens with one attached hydrogen (secondary N) is 2. The van der Waals surface area contributed by atoms with Crippen molar-refractivity contribution < 1.29 is 47.7 Å². The number of alkyl carbamates (subject to hydrolysis) is 1. The Balaban J connectivity index is 1.50. The molecule has 1 unspecified atom stereocenters. The van der Waals surface area contributed by atoms with Gasteiger partial charge in [0.15, 0.2) is 5.69 Å². The molecule has 2 aromatic rings. The third-order valence-electron chi connectivity index (χ3n) is 9.15. The second kappa shape index (κ2) is 14.9. The molecule has 0 bridgehead atoms. The SMILES string of the molecule is COC(=O)c1cc(O[C@@H]2C[C@H]3C(=O)NC4(C(=O)OC)C[C@@H]4/C=C\CCCCC[C@H](NC(=O)OC(C)(C)C)C(=O)N3C2)c2ccc(OC)cc2n1. The van der Waals surface area contributed by atoms with Crippen LogP contribution >= 0.6 is 0 Å². The largest absolute Gasteiger partial charge is 0.497 e. The Morgan fingerprint density at radius 3 is 2.52 bits per heavy atom. The number of rotatable bonds is 6. The summed E-state index contributed by atoms with van der Waals surface area (Å²) < 4.78 is 27.3. The van der Waals surface area contributed by atoms with Crippen LogP contribution in [0.25, 0.3) is 10.9 Å². The fourth-order valence-corrected chi connectivity index (χ4v) is 6.55. The van der Waals surface area contributed by atoms with Gasteiger partial charge in [0.1, 0.15) is 40.8 Å². The lowest BCUT2D eigenvalue weighted by molar-refractivity contribution is -0.148. The van der Waals surface area contributed by atoms with Crippen molar-refractivity contribution in [3.05, 3.63) is 42.1 Å². The second-order valence-corrected chi connectivity index (χ2v) is 13.9. The predicted octanol–water partition coefficient (Wildman–Crippen LogP) is 3.84. The number of carbonyl (C=O) groups is 5. The maximum absolute atomic E-state index is 14.4. The van der Waals surface area contributed by atoms with Crippen molar-refractivity contribution in [2.75, 3.05) is 27.9 Å². The maximum atomic E-state index is 14.4. The summed E-state index contributed by atoms with van der Waals surface area (Å²) >= 11 is 0. The molecule has 1 aromatic carbocycles. The maximum Gasteiger partial charge on any atom is 0.408 e. The zero-order valence-electron chi connectivity index (χ0n) is 29.4. The summed E-state index contributed by atoms with van der Waals surface area (Å²) in [4.78, 5) is 72.8. The van der Waals surface area contributed by atoms with Crippen LogP contribution in [0, 0.1) is 5.92 Å². The van der Waals surface area contributed by atoms with Gasteiger partial charge >= 0.3 is 18.0 Å². The fraction of sp³-hybridized carbons (Fsp3) is 0.556. The highest BCUT2D eigenvalue weighted by Gasteiger charge is 2.62. The van der Waals surface area contributed by atoms with Crippen molar-refractivity contribution in [3.63, 3.8) is 0 Å². The van der Waals surface area contributed by atoms with Crippen LogP contribution in [0.2, 0.25) is 0 Å². The molecule has 2 aliphatic heterocycles. The highest BCUT2D eigenvalue weighted by Crippen LogP contribution is 2.46. The Kier molecular flexibility index (Phi) is 10.9. The van der Waals surface area contributed by atoms with E-state index in [2.05, 4.69) is 15.6 Å². The third-order valence-corrected chi connectivity index (χ3v) is 9.15. The monoisotopic (exact) mass is 694 g/mol. The average Bonchev–Trinajstić information content (AvgIpc) is 3.60. The number of nitrogens with zero attached hydrogens (tertiary/aromatic N) is 2. The van der Waals surface area contributed by atoms with Gasteiger partial charge in [0.05, 0.1) is 33.4 Å². The Bertz CT molecular complexity index is 1670. The van der Waals surface area contributed by atoms with Crippen molar-refractivity contribution in [2.24, 2.45) is 5.92 Å². The van der Waals surface area contributed by atoms with E-state index in [-0.39, 0.29) is 24.6 Å². The van der Waals surface area contributed by atoms with Gasteiger partial charge in [0, 0.05) is 29.9 Å². The van der Waals surface area contributed by atoms with Crippen LogP contribution in [0.5, 0.6) is 11.5 Å². The molecule has 50 heavy (non-hydrogen) atoms. The summed E-state index contributed by atoms with van der Waals surface area (Å²) in [5.74, 6) is -1.70. The normalized spacial score (nSPS) is 26.2. The molecule has 14 nitrogen and oxygen atoms in total. The van der Waals surface area contributed by atoms with E-state index in [1.165, 1.54) is 32.3 Å². The average molecular weight is 695 g/mol. The van der Waals surface area contributed by atoms with Crippen molar-refractivity contribution >= 4 is 40.7 Å². The molecule has 1 saturated carbocycles. The summed E-state index contributed by atoms with van der Waals surface area (Å²) in [5, 5.41) is 6.22. The second-order valence-electron chi connectivity index (χ2n) is 13.9. The van der Waals surface area contributed by atoms with E-state index in [4.69, 9.17) is 23.7 Å². The molecule has 5 atom stereocenters. The predicted molar refractivity (Wildman–Crippen MR) is 181 cm³/mol. The minimum atomic E-state index is -1.25. The van der Waals surface area contributed by atoms with Gasteiger partial charge in [0.2, 0.25) is 11.8 Å². The van der Waals surface area contributed by atoms with Crippen molar-refractivity contribution in [1.82, 2.24) is 20.5 Å². The zero-order valence-corrected chi connectivity index (χ0v) is 29.4. The van der Waals surface area contributed by atoms with E-state index in [1.807, 2.05) is 12.2 Å². The van der Waals surface area contributed by atoms with Crippen molar-refractivity contribution in [2.45, 2.75) is 95.0 Å². The van der Waals surface area contributed by atoms with E-state index in [1.54, 1.807) is 39.0 Å². The molecule has 1 aliphatic carbocycles. The van der Waals surface area contributed by atoms with Gasteiger partial charge in [-0.15, -0.1) is 0 Å². The molecular weight excluding hydrogens is 648 g/mol. The summed E-state index contributed by atoms with van der Waals surface area (Å²) in [5.41, 5.74) is -1.63. The van der Waals surface area contributed by atoms with Crippen molar-refractivity contribution in [1.29, 1.82) is 0 Å². The van der Waals surface area contributed by atoms with Crippen LogP contribution in [-0.4, -0.2) is 96.9 Å². The van der Waals surface area contributed by atoms with Gasteiger partial charge in [-0.1, -0.05) is 25.0 Å². The van der Waals surface area contributed by atoms with Crippen LogP contribution in [-0.2, 0) is 28.6 Å². The van der Waals surface area contributed by atoms with Crippen LogP contribution in [0.15, 0.2) is 36.4 Å². The van der Waals surface area contributed by atoms with Crippen LogP contribution in [0.1, 0.15) is 76.2 Å². The molecule has 1 saturated heterocycles. The lowest BCUT2D eigenvalue weighted by Crippen LogP contribution is -2.56. The molecule has 5 rings (SSSR count). The lowest BCUT2D eigenvalue weighted by Gasteiger charge is -2.30. The first-order valence-electron chi connectivity index (χ1n) is 16.9. The number of benzene rings is 1. The van der Waals surface area contributed by atoms with Gasteiger partial charge in [-0.2, -0.15) is 0 Å². The summed E-state index contributed by atoms with van der Waals surface area (Å²) in [6.07, 6.45) is 6.28. The Hall–Kier alpha value is -4.88. The highest BCUT2D eigenvalue weighted by atomic mass is 16.6. The first-order valence-corrected chi connectivity index (χ1v) is 16.9. The molecule has 2 N–H and O–H groups in total. The summed E-state index contributed by atoms with van der Waals surface area (Å²) in [7, 11) is 4.03. The molecule has 0 spiro atoms. The molecule has 270 valence electrons. The van der Waals surface area contributed by atoms with Gasteiger partial charge < -0.3 is 39.2 Å². The van der Waals surface area contributed by atoms with Gasteiger partial charge in [-0.25, -0.2) is 19.4 Å². The minimum Gasteiger partial charge on any atom is -0.497 e. The quantitative estimate of drug-likeness (QED) is 0.256. The van der Waals surface area contributed by atoms with Crippen molar-refractivity contribution in [3.8, 4) is 11.5 Å². The first kappa shape index (κ1) is 36.4. The number of allylic oxidation sites excluding steroid dienone is 1. The number of pyridine rings is 1. The number of fused-ring (bicyclic) bond motifs is 3. The van der Waals surface area contributed by atoms with Crippen LogP contribution < -0.4 is 20.1 Å². The molecule has 3 amide bonds. The van der Waals surface area contributed by atoms with E-state index in [0.29, 0.717) is 41.7 Å². The van der Waals surface area contributed by atoms with Gasteiger partial charge in [-0.05, 0) is 58.6 Å². The number of amides is 3. The van der Waals surface area contributed by atoms with E-state index < -0.39 is 59.2 Å². The number of esters is 2. The topological polar surface area (TPSA) is 172 Å². The highest BCUT2D eigenvalue weighted by molar-refractivity contribution is 5.97.